The Hall–Kier alpha value is -2.83. The van der Waals surface area contributed by atoms with Crippen LogP contribution in [-0.4, -0.2) is 38.1 Å². The Labute approximate surface area is 187 Å². The minimum Gasteiger partial charge on any atom is -0.497 e. The summed E-state index contributed by atoms with van der Waals surface area (Å²) in [7, 11) is 3.33. The van der Waals surface area contributed by atoms with Gasteiger partial charge in [-0.2, -0.15) is 0 Å². The number of nitrogens with zero attached hydrogens (tertiary/aromatic N) is 1. The van der Waals surface area contributed by atoms with Crippen LogP contribution in [0.2, 0.25) is 0 Å². The number of carbonyl (C=O) groups excluding carboxylic acids is 1. The normalized spacial score (nSPS) is 17.3. The minimum atomic E-state index is -0.134. The first-order valence-corrected chi connectivity index (χ1v) is 11.4. The first kappa shape index (κ1) is 21.4. The summed E-state index contributed by atoms with van der Waals surface area (Å²) >= 11 is 1.66. The quantitative estimate of drug-likeness (QED) is 0.551. The molecular formula is C25H28N2O3S. The maximum Gasteiger partial charge on any atom is 0.234 e. The van der Waals surface area contributed by atoms with Gasteiger partial charge in [0.25, 0.3) is 0 Å². The van der Waals surface area contributed by atoms with Gasteiger partial charge in [0.2, 0.25) is 5.91 Å². The average molecular weight is 437 g/mol. The fraction of sp³-hybridized carbons (Fsp3) is 0.320. The summed E-state index contributed by atoms with van der Waals surface area (Å²) in [5, 5.41) is 5.31. The molecule has 2 unspecified atom stereocenters. The second-order valence-electron chi connectivity index (χ2n) is 7.66. The Morgan fingerprint density at radius 1 is 1.13 bits per heavy atom. The van der Waals surface area contributed by atoms with Gasteiger partial charge in [-0.05, 0) is 42.5 Å². The van der Waals surface area contributed by atoms with Gasteiger partial charge in [-0.1, -0.05) is 42.5 Å². The zero-order valence-corrected chi connectivity index (χ0v) is 18.7. The van der Waals surface area contributed by atoms with Crippen molar-refractivity contribution in [2.24, 2.45) is 0 Å². The highest BCUT2D eigenvalue weighted by Crippen LogP contribution is 2.38. The molecule has 0 bridgehead atoms. The van der Waals surface area contributed by atoms with Crippen molar-refractivity contribution in [3.8, 4) is 11.5 Å². The molecule has 0 aliphatic carbocycles. The SMILES string of the molecule is COc1ccc(C2CCCN2CC(=O)NC(c2ccccc2)c2cccs2)c(OC)c1. The number of nitrogens with one attached hydrogen (secondary N) is 1. The maximum atomic E-state index is 13.1. The Morgan fingerprint density at radius 2 is 1.97 bits per heavy atom. The Kier molecular flexibility index (Phi) is 6.89. The van der Waals surface area contributed by atoms with Crippen molar-refractivity contribution in [2.75, 3.05) is 27.3 Å². The standard InChI is InChI=1S/C25H28N2O3S/c1-29-19-12-13-20(22(16-19)30-2)21-10-6-14-27(21)17-24(28)26-25(23-11-7-15-31-23)18-8-4-3-5-9-18/h3-5,7-9,11-13,15-16,21,25H,6,10,14,17H2,1-2H3,(H,26,28). The van der Waals surface area contributed by atoms with Gasteiger partial charge in [0, 0.05) is 22.5 Å². The molecule has 3 aromatic rings. The molecule has 6 heteroatoms. The number of thiophene rings is 1. The Balaban J connectivity index is 1.50. The lowest BCUT2D eigenvalue weighted by Gasteiger charge is -2.27. The second kappa shape index (κ2) is 9.98. The summed E-state index contributed by atoms with van der Waals surface area (Å²) in [6.07, 6.45) is 2.06. The van der Waals surface area contributed by atoms with Gasteiger partial charge in [-0.15, -0.1) is 11.3 Å². The summed E-state index contributed by atoms with van der Waals surface area (Å²) < 4.78 is 10.9. The van der Waals surface area contributed by atoms with Crippen LogP contribution in [0.4, 0.5) is 0 Å². The van der Waals surface area contributed by atoms with Crippen LogP contribution in [0.5, 0.6) is 11.5 Å². The fourth-order valence-electron chi connectivity index (χ4n) is 4.27. The van der Waals surface area contributed by atoms with E-state index in [2.05, 4.69) is 34.5 Å². The number of carbonyl (C=O) groups is 1. The molecule has 1 saturated heterocycles. The molecule has 1 N–H and O–H groups in total. The van der Waals surface area contributed by atoms with Crippen LogP contribution in [-0.2, 0) is 4.79 Å². The van der Waals surface area contributed by atoms with E-state index in [1.54, 1.807) is 25.6 Å². The topological polar surface area (TPSA) is 50.8 Å². The predicted octanol–water partition coefficient (Wildman–Crippen LogP) is 4.81. The number of hydrogen-bond acceptors (Lipinski definition) is 5. The first-order chi connectivity index (χ1) is 15.2. The van der Waals surface area contributed by atoms with Crippen molar-refractivity contribution < 1.29 is 14.3 Å². The number of rotatable bonds is 8. The lowest BCUT2D eigenvalue weighted by molar-refractivity contribution is -0.123. The molecule has 1 aliphatic rings. The summed E-state index contributed by atoms with van der Waals surface area (Å²) in [6, 6.07) is 20.2. The van der Waals surface area contributed by atoms with E-state index in [9.17, 15) is 4.79 Å². The number of ether oxygens (including phenoxy) is 2. The monoisotopic (exact) mass is 436 g/mol. The second-order valence-corrected chi connectivity index (χ2v) is 8.64. The first-order valence-electron chi connectivity index (χ1n) is 10.5. The van der Waals surface area contributed by atoms with Crippen LogP contribution in [0.3, 0.4) is 0 Å². The molecule has 1 fully saturated rings. The third-order valence-corrected chi connectivity index (χ3v) is 6.71. The molecule has 1 aromatic heterocycles. The third-order valence-electron chi connectivity index (χ3n) is 5.78. The van der Waals surface area contributed by atoms with Gasteiger partial charge < -0.3 is 14.8 Å². The van der Waals surface area contributed by atoms with Gasteiger partial charge >= 0.3 is 0 Å². The molecule has 162 valence electrons. The molecule has 4 rings (SSSR count). The Bertz CT molecular complexity index is 991. The Morgan fingerprint density at radius 3 is 2.68 bits per heavy atom. The van der Waals surface area contributed by atoms with E-state index in [1.165, 1.54) is 0 Å². The van der Waals surface area contributed by atoms with Gasteiger partial charge in [-0.3, -0.25) is 9.69 Å². The molecule has 0 spiro atoms. The fourth-order valence-corrected chi connectivity index (χ4v) is 5.07. The van der Waals surface area contributed by atoms with Crippen molar-refractivity contribution in [3.05, 3.63) is 82.0 Å². The average Bonchev–Trinajstić information content (AvgIpc) is 3.50. The van der Waals surface area contributed by atoms with E-state index in [-0.39, 0.29) is 18.0 Å². The zero-order valence-electron chi connectivity index (χ0n) is 17.9. The third kappa shape index (κ3) is 4.92. The molecule has 2 atom stereocenters. The van der Waals surface area contributed by atoms with E-state index in [0.717, 1.165) is 46.9 Å². The van der Waals surface area contributed by atoms with Crippen LogP contribution >= 0.6 is 11.3 Å². The highest BCUT2D eigenvalue weighted by molar-refractivity contribution is 7.10. The zero-order chi connectivity index (χ0) is 21.6. The summed E-state index contributed by atoms with van der Waals surface area (Å²) in [5.41, 5.74) is 2.19. The lowest BCUT2D eigenvalue weighted by atomic mass is 10.0. The number of methoxy groups -OCH3 is 2. The largest absolute Gasteiger partial charge is 0.497 e. The molecule has 0 saturated carbocycles. The van der Waals surface area contributed by atoms with E-state index < -0.39 is 0 Å². The number of likely N-dealkylation sites (tertiary alicyclic amines) is 1. The van der Waals surface area contributed by atoms with Crippen LogP contribution < -0.4 is 14.8 Å². The van der Waals surface area contributed by atoms with Gasteiger partial charge in [0.05, 0.1) is 26.8 Å². The van der Waals surface area contributed by atoms with Gasteiger partial charge in [0.1, 0.15) is 11.5 Å². The summed E-state index contributed by atoms with van der Waals surface area (Å²) in [4.78, 5) is 16.5. The molecule has 1 aliphatic heterocycles. The number of amides is 1. The predicted molar refractivity (Wildman–Crippen MR) is 124 cm³/mol. The number of hydrogen-bond donors (Lipinski definition) is 1. The summed E-state index contributed by atoms with van der Waals surface area (Å²) in [6.45, 7) is 1.25. The molecule has 5 nitrogen and oxygen atoms in total. The molecule has 2 aromatic carbocycles. The highest BCUT2D eigenvalue weighted by Gasteiger charge is 2.30. The van der Waals surface area contributed by atoms with Crippen molar-refractivity contribution >= 4 is 17.2 Å². The van der Waals surface area contributed by atoms with Crippen molar-refractivity contribution in [3.63, 3.8) is 0 Å². The van der Waals surface area contributed by atoms with Gasteiger partial charge in [-0.25, -0.2) is 0 Å². The van der Waals surface area contributed by atoms with Crippen LogP contribution in [0.1, 0.15) is 40.9 Å². The minimum absolute atomic E-state index is 0.0293. The molecule has 31 heavy (non-hydrogen) atoms. The van der Waals surface area contributed by atoms with Crippen molar-refractivity contribution in [1.82, 2.24) is 10.2 Å². The van der Waals surface area contributed by atoms with Crippen molar-refractivity contribution in [1.29, 1.82) is 0 Å². The molecule has 2 heterocycles. The van der Waals surface area contributed by atoms with Crippen LogP contribution in [0.15, 0.2) is 66.0 Å². The molecule has 0 radical (unpaired) electrons. The van der Waals surface area contributed by atoms with Gasteiger partial charge in [0.15, 0.2) is 0 Å². The van der Waals surface area contributed by atoms with E-state index in [4.69, 9.17) is 9.47 Å². The molecular weight excluding hydrogens is 408 g/mol. The van der Waals surface area contributed by atoms with E-state index >= 15 is 0 Å². The van der Waals surface area contributed by atoms with E-state index in [0.29, 0.717) is 6.54 Å². The van der Waals surface area contributed by atoms with Crippen LogP contribution in [0, 0.1) is 0 Å². The number of benzene rings is 2. The highest BCUT2D eigenvalue weighted by atomic mass is 32.1. The van der Waals surface area contributed by atoms with E-state index in [1.807, 2.05) is 41.8 Å². The molecule has 1 amide bonds. The maximum absolute atomic E-state index is 13.1. The lowest BCUT2D eigenvalue weighted by Crippen LogP contribution is -2.38. The smallest absolute Gasteiger partial charge is 0.234 e. The van der Waals surface area contributed by atoms with Crippen molar-refractivity contribution in [2.45, 2.75) is 24.9 Å². The summed E-state index contributed by atoms with van der Waals surface area (Å²) in [5.74, 6) is 1.60. The van der Waals surface area contributed by atoms with Crippen LogP contribution in [0.25, 0.3) is 0 Å².